The van der Waals surface area contributed by atoms with E-state index in [9.17, 15) is 27.5 Å². The third-order valence-corrected chi connectivity index (χ3v) is 6.13. The lowest BCUT2D eigenvalue weighted by molar-refractivity contribution is -0.118. The van der Waals surface area contributed by atoms with E-state index in [0.717, 1.165) is 0 Å². The number of urea groups is 1. The third-order valence-electron chi connectivity index (χ3n) is 4.72. The largest absolute Gasteiger partial charge is 0.490 e. The van der Waals surface area contributed by atoms with E-state index in [1.54, 1.807) is 0 Å². The van der Waals surface area contributed by atoms with E-state index in [0.29, 0.717) is 18.6 Å². The minimum absolute atomic E-state index is 0.00114. The molecule has 0 aliphatic carbocycles. The van der Waals surface area contributed by atoms with Crippen molar-refractivity contribution in [3.8, 4) is 5.75 Å². The van der Waals surface area contributed by atoms with Crippen LogP contribution in [0.1, 0.15) is 39.2 Å². The Morgan fingerprint density at radius 2 is 2.03 bits per heavy atom. The van der Waals surface area contributed by atoms with Gasteiger partial charge < -0.3 is 14.7 Å². The number of hydrogen-bond donors (Lipinski definition) is 3. The Labute approximate surface area is 182 Å². The van der Waals surface area contributed by atoms with Gasteiger partial charge in [-0.3, -0.25) is 10.1 Å². The molecule has 31 heavy (non-hydrogen) atoms. The summed E-state index contributed by atoms with van der Waals surface area (Å²) in [6, 6.07) is 3.45. The molecular weight excluding hydrogens is 429 g/mol. The van der Waals surface area contributed by atoms with Crippen molar-refractivity contribution >= 4 is 22.0 Å². The molecule has 1 aliphatic heterocycles. The Bertz CT molecular complexity index is 904. The smallest absolute Gasteiger partial charge is 0.324 e. The predicted molar refractivity (Wildman–Crippen MR) is 112 cm³/mol. The maximum Gasteiger partial charge on any atom is 0.324 e. The molecule has 3 amide bonds. The molecule has 1 aliphatic rings. The van der Waals surface area contributed by atoms with Crippen LogP contribution in [0, 0.1) is 11.7 Å². The van der Waals surface area contributed by atoms with Crippen LogP contribution in [0.15, 0.2) is 18.2 Å². The quantitative estimate of drug-likeness (QED) is 0.320. The van der Waals surface area contributed by atoms with Crippen molar-refractivity contribution in [3.63, 3.8) is 0 Å². The number of aliphatic hydroxyl groups is 1. The molecule has 1 heterocycles. The minimum Gasteiger partial charge on any atom is -0.490 e. The number of rotatable bonds is 12. The molecule has 174 valence electrons. The number of amides is 3. The Hall–Kier alpha value is -2.24. The van der Waals surface area contributed by atoms with Gasteiger partial charge in [-0.2, -0.15) is 0 Å². The number of nitrogens with one attached hydrogen (secondary N) is 2. The number of sulfonamides is 1. The lowest BCUT2D eigenvalue weighted by Gasteiger charge is -2.25. The van der Waals surface area contributed by atoms with Gasteiger partial charge in [-0.1, -0.05) is 19.9 Å². The standard InChI is InChI=1S/C20H30FN3O6S/c1-14(2)12-30-17-10-15(6-7-16(17)21)20(3,27)13-22-31(28,29)9-5-4-8-24-11-18(25)23-19(24)26/h6-7,10,14,22,27H,4-5,8-9,11-13H2,1-3H3,(H,23,25,26)/t20-/m1/s1. The van der Waals surface area contributed by atoms with E-state index in [2.05, 4.69) is 10.0 Å². The maximum absolute atomic E-state index is 13.9. The molecule has 3 N–H and O–H groups in total. The van der Waals surface area contributed by atoms with Crippen LogP contribution in [0.25, 0.3) is 0 Å². The van der Waals surface area contributed by atoms with Crippen LogP contribution in [-0.4, -0.2) is 62.4 Å². The van der Waals surface area contributed by atoms with Crippen molar-refractivity contribution in [1.29, 1.82) is 0 Å². The highest BCUT2D eigenvalue weighted by molar-refractivity contribution is 7.89. The van der Waals surface area contributed by atoms with Crippen molar-refractivity contribution in [1.82, 2.24) is 14.9 Å². The summed E-state index contributed by atoms with van der Waals surface area (Å²) in [5.74, 6) is -0.942. The van der Waals surface area contributed by atoms with E-state index >= 15 is 0 Å². The molecule has 1 fully saturated rings. The SMILES string of the molecule is CC(C)COc1cc([C@](C)(O)CNS(=O)(=O)CCCCN2CC(=O)NC2=O)ccc1F. The predicted octanol–water partition coefficient (Wildman–Crippen LogP) is 1.32. The fourth-order valence-electron chi connectivity index (χ4n) is 2.89. The number of imide groups is 1. The van der Waals surface area contributed by atoms with Gasteiger partial charge in [-0.05, 0) is 43.4 Å². The van der Waals surface area contributed by atoms with E-state index in [4.69, 9.17) is 4.74 Å². The fraction of sp³-hybridized carbons (Fsp3) is 0.600. The highest BCUT2D eigenvalue weighted by Gasteiger charge is 2.28. The number of halogens is 1. The first kappa shape index (κ1) is 25.0. The highest BCUT2D eigenvalue weighted by atomic mass is 32.2. The number of benzene rings is 1. The van der Waals surface area contributed by atoms with Gasteiger partial charge in [0.2, 0.25) is 15.9 Å². The summed E-state index contributed by atoms with van der Waals surface area (Å²) < 4.78 is 46.3. The van der Waals surface area contributed by atoms with Crippen LogP contribution >= 0.6 is 0 Å². The number of carbonyl (C=O) groups is 2. The lowest BCUT2D eigenvalue weighted by Crippen LogP contribution is -2.39. The Morgan fingerprint density at radius 1 is 1.32 bits per heavy atom. The second kappa shape index (κ2) is 10.4. The van der Waals surface area contributed by atoms with Gasteiger partial charge in [-0.15, -0.1) is 0 Å². The first-order valence-electron chi connectivity index (χ1n) is 10.1. The summed E-state index contributed by atoms with van der Waals surface area (Å²) in [6.07, 6.45) is 0.686. The van der Waals surface area contributed by atoms with E-state index in [1.165, 1.54) is 30.0 Å². The van der Waals surface area contributed by atoms with E-state index in [1.807, 2.05) is 13.8 Å². The first-order chi connectivity index (χ1) is 14.4. The van der Waals surface area contributed by atoms with Gasteiger partial charge in [0, 0.05) is 13.1 Å². The summed E-state index contributed by atoms with van der Waals surface area (Å²) in [7, 11) is -3.68. The van der Waals surface area contributed by atoms with Gasteiger partial charge in [0.1, 0.15) is 12.1 Å². The average Bonchev–Trinajstić information content (AvgIpc) is 3.00. The number of unbranched alkanes of at least 4 members (excludes halogenated alkanes) is 1. The van der Waals surface area contributed by atoms with Crippen molar-refractivity contribution in [3.05, 3.63) is 29.6 Å². The molecule has 2 rings (SSSR count). The molecule has 0 spiro atoms. The second-order valence-corrected chi connectivity index (χ2v) is 10.2. The second-order valence-electron chi connectivity index (χ2n) is 8.25. The van der Waals surface area contributed by atoms with Crippen molar-refractivity contribution in [2.24, 2.45) is 5.92 Å². The molecule has 1 aromatic rings. The summed E-state index contributed by atoms with van der Waals surface area (Å²) >= 11 is 0. The molecule has 0 aromatic heterocycles. The molecule has 0 unspecified atom stereocenters. The number of nitrogens with zero attached hydrogens (tertiary/aromatic N) is 1. The van der Waals surface area contributed by atoms with Gasteiger partial charge in [0.25, 0.3) is 0 Å². The number of hydrogen-bond acceptors (Lipinski definition) is 6. The van der Waals surface area contributed by atoms with Crippen LogP contribution in [-0.2, 0) is 20.4 Å². The van der Waals surface area contributed by atoms with Gasteiger partial charge in [0.05, 0.1) is 12.4 Å². The Morgan fingerprint density at radius 3 is 2.65 bits per heavy atom. The third kappa shape index (κ3) is 7.75. The van der Waals surface area contributed by atoms with Crippen molar-refractivity contribution in [2.45, 2.75) is 39.2 Å². The number of ether oxygens (including phenoxy) is 1. The van der Waals surface area contributed by atoms with Gasteiger partial charge >= 0.3 is 6.03 Å². The summed E-state index contributed by atoms with van der Waals surface area (Å²) in [6.45, 7) is 5.54. The molecule has 1 saturated heterocycles. The van der Waals surface area contributed by atoms with Crippen LogP contribution in [0.3, 0.4) is 0 Å². The maximum atomic E-state index is 13.9. The topological polar surface area (TPSA) is 125 Å². The summed E-state index contributed by atoms with van der Waals surface area (Å²) in [5.41, 5.74) is -1.26. The Kier molecular flexibility index (Phi) is 8.38. The first-order valence-corrected chi connectivity index (χ1v) is 11.8. The normalized spacial score (nSPS) is 16.5. The van der Waals surface area contributed by atoms with Gasteiger partial charge in [0.15, 0.2) is 11.6 Å². The summed E-state index contributed by atoms with van der Waals surface area (Å²) in [4.78, 5) is 23.9. The van der Waals surface area contributed by atoms with Crippen molar-refractivity contribution < 1.29 is 32.2 Å². The van der Waals surface area contributed by atoms with Crippen LogP contribution in [0.5, 0.6) is 5.75 Å². The molecule has 1 aromatic carbocycles. The summed E-state index contributed by atoms with van der Waals surface area (Å²) in [5, 5.41) is 12.9. The molecule has 9 nitrogen and oxygen atoms in total. The zero-order valence-electron chi connectivity index (χ0n) is 18.0. The van der Waals surface area contributed by atoms with Crippen LogP contribution < -0.4 is 14.8 Å². The van der Waals surface area contributed by atoms with E-state index in [-0.39, 0.29) is 49.4 Å². The monoisotopic (exact) mass is 459 g/mol. The number of carbonyl (C=O) groups excluding carboxylic acids is 2. The Balaban J connectivity index is 1.86. The molecule has 11 heteroatoms. The minimum atomic E-state index is -3.68. The van der Waals surface area contributed by atoms with Gasteiger partial charge in [-0.25, -0.2) is 22.3 Å². The molecule has 0 radical (unpaired) electrons. The van der Waals surface area contributed by atoms with Crippen LogP contribution in [0.4, 0.5) is 9.18 Å². The zero-order chi connectivity index (χ0) is 23.2. The van der Waals surface area contributed by atoms with Crippen molar-refractivity contribution in [2.75, 3.05) is 32.0 Å². The van der Waals surface area contributed by atoms with Crippen LogP contribution in [0.2, 0.25) is 0 Å². The van der Waals surface area contributed by atoms with E-state index < -0.39 is 27.5 Å². The highest BCUT2D eigenvalue weighted by Crippen LogP contribution is 2.27. The zero-order valence-corrected chi connectivity index (χ0v) is 18.8. The lowest BCUT2D eigenvalue weighted by atomic mass is 9.96. The average molecular weight is 460 g/mol. The molecule has 0 bridgehead atoms. The fourth-order valence-corrected chi connectivity index (χ4v) is 4.12. The molecular formula is C20H30FN3O6S. The molecule has 1 atom stereocenters. The molecule has 0 saturated carbocycles.